The number of rotatable bonds is 9. The number of nitrogens with one attached hydrogen (secondary N) is 1. The Kier molecular flexibility index (Phi) is 7.51. The van der Waals surface area contributed by atoms with Crippen molar-refractivity contribution in [3.63, 3.8) is 0 Å². The summed E-state index contributed by atoms with van der Waals surface area (Å²) in [6.07, 6.45) is 6.67. The van der Waals surface area contributed by atoms with Gasteiger partial charge >= 0.3 is 0 Å². The Morgan fingerprint density at radius 3 is 2.52 bits per heavy atom. The molecule has 0 radical (unpaired) electrons. The van der Waals surface area contributed by atoms with Gasteiger partial charge in [0, 0.05) is 18.3 Å². The Morgan fingerprint density at radius 2 is 1.80 bits per heavy atom. The van der Waals surface area contributed by atoms with E-state index in [9.17, 15) is 4.79 Å². The molecule has 0 heterocycles. The van der Waals surface area contributed by atoms with Crippen LogP contribution in [0.5, 0.6) is 0 Å². The largest absolute Gasteiger partial charge is 0.494 e. The van der Waals surface area contributed by atoms with Gasteiger partial charge in [0.15, 0.2) is 0 Å². The molecule has 1 N–H and O–H groups in total. The Hall–Kier alpha value is -2.81. The molecule has 0 amide bonds. The van der Waals surface area contributed by atoms with Crippen LogP contribution in [-0.2, 0) is 17.8 Å². The molecule has 2 aromatic carbocycles. The van der Waals surface area contributed by atoms with E-state index in [4.69, 9.17) is 4.74 Å². The van der Waals surface area contributed by atoms with Crippen LogP contribution < -0.4 is 5.32 Å². The van der Waals surface area contributed by atoms with Crippen LogP contribution in [0.15, 0.2) is 78.2 Å². The van der Waals surface area contributed by atoms with Gasteiger partial charge in [0.05, 0.1) is 5.76 Å². The van der Waals surface area contributed by atoms with E-state index in [1.807, 2.05) is 68.6 Å². The van der Waals surface area contributed by atoms with Crippen LogP contribution in [-0.4, -0.2) is 13.3 Å². The van der Waals surface area contributed by atoms with Gasteiger partial charge in [0.2, 0.25) is 0 Å². The summed E-state index contributed by atoms with van der Waals surface area (Å²) >= 11 is 0. The number of hydrogen-bond donors (Lipinski definition) is 1. The summed E-state index contributed by atoms with van der Waals surface area (Å²) in [5.41, 5.74) is 4.16. The second kappa shape index (κ2) is 10.1. The summed E-state index contributed by atoms with van der Waals surface area (Å²) in [7, 11) is 1.92. The fraction of sp³-hybridized carbons (Fsp3) is 0.227. The van der Waals surface area contributed by atoms with E-state index >= 15 is 0 Å². The predicted octanol–water partition coefficient (Wildman–Crippen LogP) is 4.66. The number of aldehydes is 1. The van der Waals surface area contributed by atoms with Gasteiger partial charge in [-0.1, -0.05) is 48.5 Å². The first-order valence-corrected chi connectivity index (χ1v) is 8.47. The second-order valence-electron chi connectivity index (χ2n) is 5.86. The van der Waals surface area contributed by atoms with E-state index in [-0.39, 0.29) is 0 Å². The first kappa shape index (κ1) is 18.5. The van der Waals surface area contributed by atoms with Gasteiger partial charge < -0.3 is 10.1 Å². The highest BCUT2D eigenvalue weighted by Crippen LogP contribution is 2.11. The molecule has 2 rings (SSSR count). The van der Waals surface area contributed by atoms with Gasteiger partial charge in [-0.15, -0.1) is 0 Å². The zero-order valence-electron chi connectivity index (χ0n) is 14.9. The number of benzene rings is 2. The molecule has 0 saturated carbocycles. The molecular weight excluding hydrogens is 310 g/mol. The molecule has 3 nitrogen and oxygen atoms in total. The molecule has 25 heavy (non-hydrogen) atoms. The molecule has 0 bridgehead atoms. The smallest absolute Gasteiger partial charge is 0.150 e. The van der Waals surface area contributed by atoms with Crippen molar-refractivity contribution < 1.29 is 9.53 Å². The second-order valence-corrected chi connectivity index (χ2v) is 5.86. The van der Waals surface area contributed by atoms with E-state index in [0.717, 1.165) is 47.3 Å². The summed E-state index contributed by atoms with van der Waals surface area (Å²) in [6.45, 7) is 2.53. The zero-order valence-corrected chi connectivity index (χ0v) is 14.9. The molecule has 2 aromatic rings. The van der Waals surface area contributed by atoms with E-state index in [1.54, 1.807) is 0 Å². The summed E-state index contributed by atoms with van der Waals surface area (Å²) in [6, 6.07) is 17.8. The molecule has 0 spiro atoms. The highest BCUT2D eigenvalue weighted by molar-refractivity contribution is 5.74. The fourth-order valence-corrected chi connectivity index (χ4v) is 2.43. The molecule has 0 atom stereocenters. The minimum atomic E-state index is 0.574. The molecule has 0 aromatic heterocycles. The highest BCUT2D eigenvalue weighted by Gasteiger charge is 1.99. The van der Waals surface area contributed by atoms with Crippen LogP contribution >= 0.6 is 0 Å². The normalized spacial score (nSPS) is 11.9. The van der Waals surface area contributed by atoms with Gasteiger partial charge in [-0.2, -0.15) is 0 Å². The predicted molar refractivity (Wildman–Crippen MR) is 102 cm³/mol. The van der Waals surface area contributed by atoms with E-state index in [1.165, 1.54) is 0 Å². The molecular formula is C22H25NO2. The lowest BCUT2D eigenvalue weighted by Crippen LogP contribution is -2.06. The first-order valence-electron chi connectivity index (χ1n) is 8.47. The number of ether oxygens (including phenoxy) is 1. The molecule has 0 unspecified atom stereocenters. The Balaban J connectivity index is 1.88. The highest BCUT2D eigenvalue weighted by atomic mass is 16.5. The maximum absolute atomic E-state index is 10.8. The maximum Gasteiger partial charge on any atom is 0.150 e. The third-order valence-corrected chi connectivity index (χ3v) is 3.92. The van der Waals surface area contributed by atoms with E-state index < -0.39 is 0 Å². The SMILES string of the molecule is CN/C(=C\C=C(/C)OCc1ccccc1)CCc1cccc(C=O)c1. The van der Waals surface area contributed by atoms with Crippen molar-refractivity contribution >= 4 is 6.29 Å². The monoisotopic (exact) mass is 335 g/mol. The van der Waals surface area contributed by atoms with E-state index in [2.05, 4.69) is 17.4 Å². The lowest BCUT2D eigenvalue weighted by molar-refractivity contribution is 0.112. The van der Waals surface area contributed by atoms with Crippen molar-refractivity contribution in [2.45, 2.75) is 26.4 Å². The summed E-state index contributed by atoms with van der Waals surface area (Å²) in [5.74, 6) is 0.875. The van der Waals surface area contributed by atoms with Gasteiger partial charge in [0.25, 0.3) is 0 Å². The van der Waals surface area contributed by atoms with Crippen LogP contribution in [0.2, 0.25) is 0 Å². The number of carbonyl (C=O) groups excluding carboxylic acids is 1. The summed E-state index contributed by atoms with van der Waals surface area (Å²) in [5, 5.41) is 3.22. The van der Waals surface area contributed by atoms with Crippen molar-refractivity contribution in [2.75, 3.05) is 7.05 Å². The maximum atomic E-state index is 10.8. The average molecular weight is 335 g/mol. The van der Waals surface area contributed by atoms with Crippen molar-refractivity contribution in [1.29, 1.82) is 0 Å². The number of carbonyl (C=O) groups is 1. The van der Waals surface area contributed by atoms with Gasteiger partial charge in [0.1, 0.15) is 12.9 Å². The molecule has 0 aliphatic heterocycles. The van der Waals surface area contributed by atoms with Crippen molar-refractivity contribution in [1.82, 2.24) is 5.32 Å². The van der Waals surface area contributed by atoms with Gasteiger partial charge in [-0.3, -0.25) is 4.79 Å². The standard InChI is InChI=1S/C22H25NO2/c1-18(25-17-20-7-4-3-5-8-20)11-13-22(23-2)14-12-19-9-6-10-21(15-19)16-24/h3-11,13,15-16,23H,12,14,17H2,1-2H3/b18-11+,22-13-. The van der Waals surface area contributed by atoms with Crippen molar-refractivity contribution in [3.05, 3.63) is 94.9 Å². The van der Waals surface area contributed by atoms with Crippen LogP contribution in [0, 0.1) is 0 Å². The summed E-state index contributed by atoms with van der Waals surface area (Å²) in [4.78, 5) is 10.8. The third-order valence-electron chi connectivity index (χ3n) is 3.92. The zero-order chi connectivity index (χ0) is 17.9. The lowest BCUT2D eigenvalue weighted by Gasteiger charge is -2.08. The fourth-order valence-electron chi connectivity index (χ4n) is 2.43. The van der Waals surface area contributed by atoms with Gasteiger partial charge in [-0.25, -0.2) is 0 Å². The first-order chi connectivity index (χ1) is 12.2. The molecule has 0 fully saturated rings. The topological polar surface area (TPSA) is 38.3 Å². The number of allylic oxidation sites excluding steroid dienone is 4. The number of aryl methyl sites for hydroxylation is 1. The minimum Gasteiger partial charge on any atom is -0.494 e. The lowest BCUT2D eigenvalue weighted by atomic mass is 10.1. The Bertz CT molecular complexity index is 733. The average Bonchev–Trinajstić information content (AvgIpc) is 2.67. The van der Waals surface area contributed by atoms with Crippen LogP contribution in [0.3, 0.4) is 0 Å². The molecule has 130 valence electrons. The third kappa shape index (κ3) is 6.68. The van der Waals surface area contributed by atoms with Crippen molar-refractivity contribution in [2.24, 2.45) is 0 Å². The quantitative estimate of drug-likeness (QED) is 0.412. The van der Waals surface area contributed by atoms with Crippen LogP contribution in [0.1, 0.15) is 34.8 Å². The van der Waals surface area contributed by atoms with Crippen LogP contribution in [0.25, 0.3) is 0 Å². The molecule has 0 saturated heterocycles. The minimum absolute atomic E-state index is 0.574. The van der Waals surface area contributed by atoms with Gasteiger partial charge in [-0.05, 0) is 49.1 Å². The Labute approximate surface area is 150 Å². The molecule has 3 heteroatoms. The molecule has 0 aliphatic rings. The van der Waals surface area contributed by atoms with Crippen molar-refractivity contribution in [3.8, 4) is 0 Å². The van der Waals surface area contributed by atoms with E-state index in [0.29, 0.717) is 6.61 Å². The number of hydrogen-bond acceptors (Lipinski definition) is 3. The summed E-state index contributed by atoms with van der Waals surface area (Å²) < 4.78 is 5.77. The Morgan fingerprint density at radius 1 is 1.04 bits per heavy atom. The van der Waals surface area contributed by atoms with Crippen LogP contribution in [0.4, 0.5) is 0 Å². The molecule has 0 aliphatic carbocycles.